The van der Waals surface area contributed by atoms with Gasteiger partial charge in [0.1, 0.15) is 10.5 Å². The summed E-state index contributed by atoms with van der Waals surface area (Å²) in [5.41, 5.74) is 2.81. The molecule has 0 unspecified atom stereocenters. The summed E-state index contributed by atoms with van der Waals surface area (Å²) in [4.78, 5) is 21.4. The lowest BCUT2D eigenvalue weighted by Gasteiger charge is -2.26. The first-order valence-corrected chi connectivity index (χ1v) is 9.80. The SMILES string of the molecule is Cc1ccc(C(=O)c2cc3cc(C)n(CCN4CCOCC4)c3s2)nc1. The minimum Gasteiger partial charge on any atom is -0.379 e. The smallest absolute Gasteiger partial charge is 0.221 e. The fourth-order valence-corrected chi connectivity index (χ4v) is 4.53. The van der Waals surface area contributed by atoms with E-state index < -0.39 is 0 Å². The molecule has 3 aromatic heterocycles. The van der Waals surface area contributed by atoms with Crippen LogP contribution in [0, 0.1) is 13.8 Å². The molecular weight excluding hydrogens is 346 g/mol. The van der Waals surface area contributed by atoms with Crippen LogP contribution < -0.4 is 0 Å². The number of nitrogens with zero attached hydrogens (tertiary/aromatic N) is 3. The molecule has 0 amide bonds. The van der Waals surface area contributed by atoms with Crippen LogP contribution in [0.15, 0.2) is 30.5 Å². The summed E-state index contributed by atoms with van der Waals surface area (Å²) in [5, 5.41) is 1.14. The molecule has 0 aliphatic carbocycles. The monoisotopic (exact) mass is 369 g/mol. The van der Waals surface area contributed by atoms with Gasteiger partial charge in [-0.15, -0.1) is 11.3 Å². The highest BCUT2D eigenvalue weighted by atomic mass is 32.1. The Kier molecular flexibility index (Phi) is 4.89. The molecule has 1 aliphatic heterocycles. The van der Waals surface area contributed by atoms with E-state index in [0.717, 1.165) is 55.2 Å². The maximum absolute atomic E-state index is 12.7. The van der Waals surface area contributed by atoms with Crippen LogP contribution in [0.3, 0.4) is 0 Å². The van der Waals surface area contributed by atoms with Gasteiger partial charge in [-0.25, -0.2) is 0 Å². The number of ketones is 1. The lowest BCUT2D eigenvalue weighted by Crippen LogP contribution is -2.38. The van der Waals surface area contributed by atoms with Crippen LogP contribution in [0.4, 0.5) is 0 Å². The number of carbonyl (C=O) groups excluding carboxylic acids is 1. The summed E-state index contributed by atoms with van der Waals surface area (Å²) < 4.78 is 7.75. The van der Waals surface area contributed by atoms with Crippen molar-refractivity contribution in [1.82, 2.24) is 14.5 Å². The van der Waals surface area contributed by atoms with Crippen molar-refractivity contribution >= 4 is 27.3 Å². The number of morpholine rings is 1. The predicted octanol–water partition coefficient (Wildman–Crippen LogP) is 3.28. The van der Waals surface area contributed by atoms with Gasteiger partial charge in [-0.05, 0) is 37.6 Å². The minimum absolute atomic E-state index is 0.00332. The number of pyridine rings is 1. The Hall–Kier alpha value is -2.02. The molecule has 26 heavy (non-hydrogen) atoms. The van der Waals surface area contributed by atoms with Crippen LogP contribution in [0.1, 0.15) is 26.6 Å². The van der Waals surface area contributed by atoms with Crippen molar-refractivity contribution < 1.29 is 9.53 Å². The number of aromatic nitrogens is 2. The first-order valence-electron chi connectivity index (χ1n) is 8.99. The normalized spacial score (nSPS) is 15.6. The third-order valence-electron chi connectivity index (χ3n) is 4.89. The van der Waals surface area contributed by atoms with E-state index in [1.165, 1.54) is 10.5 Å². The van der Waals surface area contributed by atoms with E-state index in [1.807, 2.05) is 19.1 Å². The highest BCUT2D eigenvalue weighted by molar-refractivity contribution is 7.20. The number of carbonyl (C=O) groups is 1. The summed E-state index contributed by atoms with van der Waals surface area (Å²) in [7, 11) is 0. The summed E-state index contributed by atoms with van der Waals surface area (Å²) >= 11 is 1.57. The Labute approximate surface area is 157 Å². The van der Waals surface area contributed by atoms with Crippen molar-refractivity contribution in [3.63, 3.8) is 0 Å². The summed E-state index contributed by atoms with van der Waals surface area (Å²) in [6.45, 7) is 9.69. The molecule has 4 rings (SSSR count). The molecule has 0 bridgehead atoms. The van der Waals surface area contributed by atoms with E-state index >= 15 is 0 Å². The summed E-state index contributed by atoms with van der Waals surface area (Å²) in [6.07, 6.45) is 1.74. The molecule has 0 saturated carbocycles. The Bertz CT molecular complexity index is 921. The molecule has 0 radical (unpaired) electrons. The minimum atomic E-state index is 0.00332. The zero-order chi connectivity index (χ0) is 18.1. The van der Waals surface area contributed by atoms with Crippen LogP contribution in [0.5, 0.6) is 0 Å². The van der Waals surface area contributed by atoms with Gasteiger partial charge in [0.05, 0.1) is 18.1 Å². The maximum atomic E-state index is 12.7. The Balaban J connectivity index is 1.56. The van der Waals surface area contributed by atoms with Gasteiger partial charge in [-0.1, -0.05) is 6.07 Å². The molecule has 4 heterocycles. The van der Waals surface area contributed by atoms with Crippen LogP contribution in [0.2, 0.25) is 0 Å². The second-order valence-corrected chi connectivity index (χ2v) is 7.84. The molecule has 0 N–H and O–H groups in total. The molecular formula is C20H23N3O2S. The standard InChI is InChI=1S/C20H23N3O2S/c1-14-3-4-17(21-13-14)19(24)18-12-16-11-15(2)23(20(16)26-18)6-5-22-7-9-25-10-8-22/h3-4,11-13H,5-10H2,1-2H3. The first kappa shape index (κ1) is 17.4. The van der Waals surface area contributed by atoms with E-state index in [4.69, 9.17) is 4.74 Å². The highest BCUT2D eigenvalue weighted by Gasteiger charge is 2.18. The van der Waals surface area contributed by atoms with Gasteiger partial charge in [0.2, 0.25) is 5.78 Å². The van der Waals surface area contributed by atoms with Crippen molar-refractivity contribution in [3.05, 3.63) is 52.3 Å². The third-order valence-corrected chi connectivity index (χ3v) is 6.06. The van der Waals surface area contributed by atoms with E-state index in [0.29, 0.717) is 5.69 Å². The number of rotatable bonds is 5. The van der Waals surface area contributed by atoms with Gasteiger partial charge in [-0.2, -0.15) is 0 Å². The van der Waals surface area contributed by atoms with Crippen molar-refractivity contribution in [2.24, 2.45) is 0 Å². The second kappa shape index (κ2) is 7.31. The third kappa shape index (κ3) is 3.45. The van der Waals surface area contributed by atoms with Gasteiger partial charge >= 0.3 is 0 Å². The first-order chi connectivity index (χ1) is 12.6. The van der Waals surface area contributed by atoms with Gasteiger partial charge < -0.3 is 9.30 Å². The molecule has 0 spiro atoms. The largest absolute Gasteiger partial charge is 0.379 e. The fraction of sp³-hybridized carbons (Fsp3) is 0.400. The van der Waals surface area contributed by atoms with Gasteiger partial charge in [0, 0.05) is 43.5 Å². The lowest BCUT2D eigenvalue weighted by atomic mass is 10.2. The van der Waals surface area contributed by atoms with Crippen molar-refractivity contribution in [3.8, 4) is 0 Å². The average Bonchev–Trinajstić information content (AvgIpc) is 3.18. The highest BCUT2D eigenvalue weighted by Crippen LogP contribution is 2.30. The summed E-state index contributed by atoms with van der Waals surface area (Å²) in [6, 6.07) is 7.91. The van der Waals surface area contributed by atoms with Gasteiger partial charge in [0.15, 0.2) is 0 Å². The molecule has 1 fully saturated rings. The van der Waals surface area contributed by atoms with Crippen LogP contribution in [-0.4, -0.2) is 53.1 Å². The van der Waals surface area contributed by atoms with Crippen molar-refractivity contribution in [2.75, 3.05) is 32.8 Å². The number of thiophene rings is 1. The number of hydrogen-bond acceptors (Lipinski definition) is 5. The molecule has 0 atom stereocenters. The summed E-state index contributed by atoms with van der Waals surface area (Å²) in [5.74, 6) is 0.00332. The molecule has 3 aromatic rings. The van der Waals surface area contributed by atoms with E-state index in [2.05, 4.69) is 27.4 Å². The molecule has 5 nitrogen and oxygen atoms in total. The number of ether oxygens (including phenoxy) is 1. The number of hydrogen-bond donors (Lipinski definition) is 0. The zero-order valence-corrected chi connectivity index (χ0v) is 16.0. The van der Waals surface area contributed by atoms with E-state index in [-0.39, 0.29) is 5.78 Å². The quantitative estimate of drug-likeness (QED) is 0.648. The maximum Gasteiger partial charge on any atom is 0.221 e. The molecule has 1 aliphatic rings. The van der Waals surface area contributed by atoms with E-state index in [9.17, 15) is 4.79 Å². The van der Waals surface area contributed by atoms with Crippen LogP contribution >= 0.6 is 11.3 Å². The van der Waals surface area contributed by atoms with Crippen LogP contribution in [0.25, 0.3) is 10.2 Å². The van der Waals surface area contributed by atoms with Crippen molar-refractivity contribution in [1.29, 1.82) is 0 Å². The molecule has 0 aromatic carbocycles. The number of fused-ring (bicyclic) bond motifs is 1. The second-order valence-electron chi connectivity index (χ2n) is 6.81. The lowest BCUT2D eigenvalue weighted by molar-refractivity contribution is 0.0365. The molecule has 136 valence electrons. The Morgan fingerprint density at radius 3 is 2.73 bits per heavy atom. The topological polar surface area (TPSA) is 47.4 Å². The van der Waals surface area contributed by atoms with Crippen molar-refractivity contribution in [2.45, 2.75) is 20.4 Å². The zero-order valence-electron chi connectivity index (χ0n) is 15.2. The van der Waals surface area contributed by atoms with E-state index in [1.54, 1.807) is 23.6 Å². The van der Waals surface area contributed by atoms with Gasteiger partial charge in [0.25, 0.3) is 0 Å². The molecule has 1 saturated heterocycles. The fourth-order valence-electron chi connectivity index (χ4n) is 3.36. The predicted molar refractivity (Wildman–Crippen MR) is 104 cm³/mol. The average molecular weight is 369 g/mol. The Morgan fingerprint density at radius 1 is 1.19 bits per heavy atom. The van der Waals surface area contributed by atoms with Gasteiger partial charge in [-0.3, -0.25) is 14.7 Å². The van der Waals surface area contributed by atoms with Crippen LogP contribution in [-0.2, 0) is 11.3 Å². The Morgan fingerprint density at radius 2 is 2.00 bits per heavy atom. The number of aryl methyl sites for hydroxylation is 2. The molecule has 6 heteroatoms.